The van der Waals surface area contributed by atoms with Crippen LogP contribution in [0.25, 0.3) is 27.6 Å². The average molecular weight is 1170 g/mol. The summed E-state index contributed by atoms with van der Waals surface area (Å²) >= 11 is 0. The number of ether oxygens (including phenoxy) is 1. The summed E-state index contributed by atoms with van der Waals surface area (Å²) in [5.41, 5.74) is 8.07. The second-order valence-electron chi connectivity index (χ2n) is 25.0. The number of para-hydroxylation sites is 4. The Morgan fingerprint density at radius 1 is 0.514 bits per heavy atom. The number of pyridine rings is 1. The van der Waals surface area contributed by atoms with Crippen LogP contribution < -0.4 is 25.5 Å². The van der Waals surface area contributed by atoms with Crippen molar-refractivity contribution in [1.82, 2.24) is 9.55 Å². The first-order valence-corrected chi connectivity index (χ1v) is 25.5. The SMILES string of the molecule is CC(C)(C)B1OB(c2cccc(B3OB(C(C)(C)C)OB(C(C)(C)C)O3)c2N2[CH-]N(c3[c-]c(Oc4[c-]c5c(cc4)c4ccccc4n5-c4cc(C(C)(C)C)ccn4)ccc3)c3ccccc32)OB(C(C)(C)C)O1.[Pt]. The second-order valence-corrected chi connectivity index (χ2v) is 25.0. The molecule has 0 unspecified atom stereocenters. The van der Waals surface area contributed by atoms with Gasteiger partial charge in [-0.3, -0.25) is 0 Å². The van der Waals surface area contributed by atoms with Crippen molar-refractivity contribution in [2.45, 2.75) is 131 Å². The second kappa shape index (κ2) is 20.0. The van der Waals surface area contributed by atoms with Crippen molar-refractivity contribution in [3.8, 4) is 17.3 Å². The van der Waals surface area contributed by atoms with Crippen LogP contribution in [0.5, 0.6) is 11.5 Å². The summed E-state index contributed by atoms with van der Waals surface area (Å²) in [7, 11) is -3.92. The van der Waals surface area contributed by atoms with E-state index in [2.05, 4.69) is 204 Å². The summed E-state index contributed by atoms with van der Waals surface area (Å²) in [4.78, 5) is 9.19. The number of hydrogen-bond donors (Lipinski definition) is 0. The van der Waals surface area contributed by atoms with E-state index in [0.29, 0.717) is 11.5 Å². The molecule has 0 atom stereocenters. The van der Waals surface area contributed by atoms with Crippen molar-refractivity contribution < 1.29 is 53.2 Å². The molecule has 0 spiro atoms. The molecule has 0 radical (unpaired) electrons. The van der Waals surface area contributed by atoms with Crippen LogP contribution in [0.4, 0.5) is 22.7 Å². The number of anilines is 4. The van der Waals surface area contributed by atoms with Gasteiger partial charge in [0.15, 0.2) is 0 Å². The molecule has 0 N–H and O–H groups in total. The Hall–Kier alpha value is -4.71. The van der Waals surface area contributed by atoms with E-state index in [0.717, 1.165) is 61.3 Å². The molecule has 0 saturated carbocycles. The van der Waals surface area contributed by atoms with Crippen molar-refractivity contribution in [2.75, 3.05) is 9.80 Å². The number of nitrogens with zero attached hydrogens (tertiary/aromatic N) is 4. The minimum atomic E-state index is -0.822. The first-order valence-electron chi connectivity index (χ1n) is 25.5. The van der Waals surface area contributed by atoms with E-state index in [4.69, 9.17) is 37.2 Å². The van der Waals surface area contributed by atoms with Crippen LogP contribution >= 0.6 is 0 Å². The van der Waals surface area contributed by atoms with Crippen molar-refractivity contribution in [1.29, 1.82) is 0 Å². The summed E-state index contributed by atoms with van der Waals surface area (Å²) in [6, 6.07) is 44.4. The normalized spacial score (nSPS) is 16.1. The predicted octanol–water partition coefficient (Wildman–Crippen LogP) is 12.9. The van der Waals surface area contributed by atoms with E-state index in [1.54, 1.807) is 0 Å². The minimum absolute atomic E-state index is 0. The summed E-state index contributed by atoms with van der Waals surface area (Å²) in [5.74, 6) is 1.92. The van der Waals surface area contributed by atoms with Gasteiger partial charge in [0.1, 0.15) is 5.82 Å². The Balaban J connectivity index is 0.00000672. The summed E-state index contributed by atoms with van der Waals surface area (Å²) in [6.45, 7) is 34.2. The molecule has 0 aliphatic carbocycles. The molecule has 18 heteroatoms. The van der Waals surface area contributed by atoms with E-state index < -0.39 is 42.7 Å². The predicted molar refractivity (Wildman–Crippen MR) is 302 cm³/mol. The molecule has 74 heavy (non-hydrogen) atoms. The maximum Gasteiger partial charge on any atom is 0.468 e. The van der Waals surface area contributed by atoms with Gasteiger partial charge in [0.05, 0.1) is 0 Å². The molecule has 11 nitrogen and oxygen atoms in total. The van der Waals surface area contributed by atoms with Crippen LogP contribution in [0.2, 0.25) is 21.3 Å². The van der Waals surface area contributed by atoms with E-state index in [1.807, 2.05) is 48.7 Å². The minimum Gasteiger partial charge on any atom is -0.509 e. The molecule has 3 aliphatic rings. The molecule has 7 aromatic rings. The van der Waals surface area contributed by atoms with Crippen LogP contribution in [0.15, 0.2) is 115 Å². The summed E-state index contributed by atoms with van der Waals surface area (Å²) in [5, 5.41) is 0.730. The maximum absolute atomic E-state index is 6.89. The molecule has 10 rings (SSSR count). The third kappa shape index (κ3) is 10.7. The van der Waals surface area contributed by atoms with Crippen LogP contribution in [0.1, 0.15) is 109 Å². The molecule has 382 valence electrons. The third-order valence-corrected chi connectivity index (χ3v) is 13.4. The Labute approximate surface area is 455 Å². The van der Waals surface area contributed by atoms with Crippen LogP contribution in [0, 0.1) is 18.8 Å². The van der Waals surface area contributed by atoms with Crippen molar-refractivity contribution in [2.24, 2.45) is 0 Å². The number of benzene rings is 5. The summed E-state index contributed by atoms with van der Waals surface area (Å²) < 4.78 is 49.6. The van der Waals surface area contributed by atoms with E-state index in [9.17, 15) is 0 Å². The third-order valence-electron chi connectivity index (χ3n) is 13.4. The Morgan fingerprint density at radius 3 is 1.58 bits per heavy atom. The van der Waals surface area contributed by atoms with Gasteiger partial charge in [0, 0.05) is 72.3 Å². The first-order chi connectivity index (χ1) is 34.3. The van der Waals surface area contributed by atoms with Gasteiger partial charge in [0.2, 0.25) is 0 Å². The molecule has 2 saturated heterocycles. The molecule has 5 aromatic carbocycles. The van der Waals surface area contributed by atoms with Crippen LogP contribution in [0.3, 0.4) is 0 Å². The zero-order chi connectivity index (χ0) is 52.0. The monoisotopic (exact) mass is 1170 g/mol. The molecule has 2 fully saturated rings. The van der Waals surface area contributed by atoms with E-state index in [1.165, 1.54) is 5.56 Å². The Bertz CT molecular complexity index is 3070. The fourth-order valence-corrected chi connectivity index (χ4v) is 9.45. The van der Waals surface area contributed by atoms with Gasteiger partial charge in [0.25, 0.3) is 0 Å². The topological polar surface area (TPSA) is 88.9 Å². The van der Waals surface area contributed by atoms with Gasteiger partial charge in [-0.05, 0) is 68.0 Å². The van der Waals surface area contributed by atoms with Crippen molar-refractivity contribution in [3.63, 3.8) is 0 Å². The first kappa shape index (κ1) is 54.1. The molecular formula is C56H65B6N4O7Pt-3. The number of fused-ring (bicyclic) bond motifs is 4. The number of hydrogen-bond acceptors (Lipinski definition) is 10. The van der Waals surface area contributed by atoms with Crippen LogP contribution in [-0.2, 0) is 53.9 Å². The Kier molecular flexibility index (Phi) is 14.6. The van der Waals surface area contributed by atoms with Crippen LogP contribution in [-0.4, -0.2) is 52.3 Å². The molecule has 0 bridgehead atoms. The zero-order valence-electron chi connectivity index (χ0n) is 45.5. The van der Waals surface area contributed by atoms with Crippen molar-refractivity contribution in [3.05, 3.63) is 140 Å². The largest absolute Gasteiger partial charge is 0.509 e. The van der Waals surface area contributed by atoms with E-state index >= 15 is 0 Å². The van der Waals surface area contributed by atoms with E-state index in [-0.39, 0.29) is 47.7 Å². The average Bonchev–Trinajstić information content (AvgIpc) is 3.88. The fourth-order valence-electron chi connectivity index (χ4n) is 9.45. The number of aromatic nitrogens is 2. The fraction of sp³-hybridized carbons (Fsp3) is 0.357. The molecule has 3 aliphatic heterocycles. The molecule has 5 heterocycles. The molecule has 0 amide bonds. The maximum atomic E-state index is 6.89. The van der Waals surface area contributed by atoms with Gasteiger partial charge >= 0.3 is 42.7 Å². The van der Waals surface area contributed by atoms with Gasteiger partial charge in [-0.25, -0.2) is 4.98 Å². The standard InChI is InChI=1S/C56H65B6N4O7.Pt/c1-52(2,3)38-32-33-63-50(34-38)66-46-27-17-16-24-42(46)43-31-30-41(36-49(43)66)67-40-23-20-22-39(35-40)64-37-65(48-29-19-18-28-47(48)64)51-44(57-68-59(53(4,5)6)72-60(69-57)54(7,8)9)25-21-26-45(51)58-70-61(55(10,11)12)73-62(71-58)56(13,14)15;/h16-34,37H,1-15H3;/q-3;. The molecular weight excluding hydrogens is 1100 g/mol. The zero-order valence-corrected chi connectivity index (χ0v) is 47.7. The van der Waals surface area contributed by atoms with Gasteiger partial charge < -0.3 is 46.5 Å². The Morgan fingerprint density at radius 2 is 1.03 bits per heavy atom. The molecule has 2 aromatic heterocycles. The summed E-state index contributed by atoms with van der Waals surface area (Å²) in [6.07, 6.45) is 1.89. The van der Waals surface area contributed by atoms with Gasteiger partial charge in [-0.15, -0.1) is 48.1 Å². The van der Waals surface area contributed by atoms with Crippen molar-refractivity contribution >= 4 is 98.2 Å². The van der Waals surface area contributed by atoms with Gasteiger partial charge in [-0.1, -0.05) is 158 Å². The number of rotatable bonds is 7. The smallest absolute Gasteiger partial charge is 0.468 e. The quantitative estimate of drug-likeness (QED) is 0.114. The van der Waals surface area contributed by atoms with Gasteiger partial charge in [-0.2, -0.15) is 12.1 Å².